The summed E-state index contributed by atoms with van der Waals surface area (Å²) in [6, 6.07) is 32.4. The van der Waals surface area contributed by atoms with E-state index in [0.717, 1.165) is 9.52 Å². The molecule has 0 aliphatic rings. The zero-order chi connectivity index (χ0) is 36.8. The summed E-state index contributed by atoms with van der Waals surface area (Å²) in [6.45, 7) is 22.0. The molecule has 0 heterocycles. The summed E-state index contributed by atoms with van der Waals surface area (Å²) in [6.07, 6.45) is 7.43. The molecule has 0 fully saturated rings. The maximum absolute atomic E-state index is 4.93. The van der Waals surface area contributed by atoms with E-state index in [0.29, 0.717) is 0 Å². The monoisotopic (exact) mass is 796 g/mol. The van der Waals surface area contributed by atoms with Gasteiger partial charge >= 0.3 is 37.9 Å². The van der Waals surface area contributed by atoms with Crippen LogP contribution in [0.4, 0.5) is 0 Å². The number of hydrogen-bond donors (Lipinski definition) is 0. The third-order valence-electron chi connectivity index (χ3n) is 8.98. The molecule has 0 spiro atoms. The number of hydrogen-bond acceptors (Lipinski definition) is 0. The van der Waals surface area contributed by atoms with E-state index in [4.69, 9.17) is 17.0 Å². The zero-order valence-corrected chi connectivity index (χ0v) is 37.1. The molecule has 0 aromatic heterocycles. The summed E-state index contributed by atoms with van der Waals surface area (Å²) in [5.74, 6) is 0. The van der Waals surface area contributed by atoms with Gasteiger partial charge in [-0.25, -0.2) is 0 Å². The van der Waals surface area contributed by atoms with E-state index < -0.39 is 20.8 Å². The van der Waals surface area contributed by atoms with Gasteiger partial charge < -0.3 is 0 Å². The van der Waals surface area contributed by atoms with Crippen molar-refractivity contribution in [1.82, 2.24) is 0 Å². The summed E-state index contributed by atoms with van der Waals surface area (Å²) in [5, 5.41) is 5.59. The fraction of sp³-hybridized carbons (Fsp3) is 0.348. The van der Waals surface area contributed by atoms with Gasteiger partial charge in [0.2, 0.25) is 0 Å². The molecule has 0 unspecified atom stereocenters. The number of benzene rings is 4. The van der Waals surface area contributed by atoms with Crippen LogP contribution in [0.25, 0.3) is 43.8 Å². The first-order valence-corrected chi connectivity index (χ1v) is 26.4. The molecule has 0 saturated heterocycles. The van der Waals surface area contributed by atoms with Gasteiger partial charge in [-0.05, 0) is 65.5 Å². The Morgan fingerprint density at radius 3 is 1.16 bits per heavy atom. The van der Waals surface area contributed by atoms with Crippen LogP contribution < -0.4 is 0 Å². The fourth-order valence-electron chi connectivity index (χ4n) is 6.96. The Balaban J connectivity index is 0.000000234. The Morgan fingerprint density at radius 1 is 0.540 bits per heavy atom. The molecule has 0 atom stereocenters. The Bertz CT molecular complexity index is 1760. The number of aryl methyl sites for hydroxylation is 8. The zero-order valence-electron chi connectivity index (χ0n) is 32.1. The van der Waals surface area contributed by atoms with E-state index in [-0.39, 0.29) is 0 Å². The Kier molecular flexibility index (Phi) is 18.0. The first-order chi connectivity index (χ1) is 24.0. The van der Waals surface area contributed by atoms with E-state index in [2.05, 4.69) is 153 Å². The first kappa shape index (κ1) is 42.2. The number of halogens is 2. The average Bonchev–Trinajstić information content (AvgIpc) is 3.66. The van der Waals surface area contributed by atoms with Crippen LogP contribution in [0.5, 0.6) is 0 Å². The van der Waals surface area contributed by atoms with Gasteiger partial charge in [-0.3, -0.25) is 0 Å². The van der Waals surface area contributed by atoms with Gasteiger partial charge in [-0.1, -0.05) is 134 Å². The standard InChI is InChI=1S/2C22H25.C2H6Si.2ClH.Zr/c2*1-5-6-7-18-13-19-9-8-17(4)22(21(19)14-18)20-11-15(2)10-16(3)12-20;1-3-2;;;/h2*8-14H,5-7H2,1-4H3;1-2H3;2*1H;/q2*-1;;;;+4/p-2. The molecular formula is C46H56Cl2SiZr. The second-order valence-corrected chi connectivity index (χ2v) is 18.5. The summed E-state index contributed by atoms with van der Waals surface area (Å²) in [7, 11) is 11.0. The van der Waals surface area contributed by atoms with Crippen LogP contribution in [0.15, 0.2) is 84.9 Å². The van der Waals surface area contributed by atoms with Crippen molar-refractivity contribution in [2.24, 2.45) is 0 Å². The van der Waals surface area contributed by atoms with Crippen molar-refractivity contribution < 1.29 is 20.8 Å². The Hall–Kier alpha value is -2.22. The Labute approximate surface area is 325 Å². The van der Waals surface area contributed by atoms with Gasteiger partial charge in [0.15, 0.2) is 0 Å². The van der Waals surface area contributed by atoms with Crippen molar-refractivity contribution in [2.45, 2.75) is 107 Å². The molecule has 6 aromatic carbocycles. The van der Waals surface area contributed by atoms with E-state index in [1.165, 1.54) is 127 Å². The molecule has 6 rings (SSSR count). The van der Waals surface area contributed by atoms with E-state index in [1.54, 1.807) is 0 Å². The first-order valence-electron chi connectivity index (χ1n) is 18.1. The van der Waals surface area contributed by atoms with Gasteiger partial charge in [0, 0.05) is 9.52 Å². The van der Waals surface area contributed by atoms with E-state index >= 15 is 0 Å². The second-order valence-electron chi connectivity index (χ2n) is 13.8. The van der Waals surface area contributed by atoms with Crippen LogP contribution in [0, 0.1) is 41.5 Å². The van der Waals surface area contributed by atoms with Crippen molar-refractivity contribution in [3.63, 3.8) is 0 Å². The number of unbranched alkanes of at least 4 members (excludes halogenated alkanes) is 2. The summed E-state index contributed by atoms with van der Waals surface area (Å²) >= 11 is -0.826. The van der Waals surface area contributed by atoms with E-state index in [9.17, 15) is 0 Å². The normalized spacial score (nSPS) is 10.5. The van der Waals surface area contributed by atoms with E-state index in [1.807, 2.05) is 0 Å². The summed E-state index contributed by atoms with van der Waals surface area (Å²) in [4.78, 5) is 0. The van der Waals surface area contributed by atoms with Gasteiger partial charge in [0.05, 0.1) is 0 Å². The average molecular weight is 799 g/mol. The molecule has 4 heteroatoms. The molecule has 0 N–H and O–H groups in total. The Morgan fingerprint density at radius 2 is 0.860 bits per heavy atom. The van der Waals surface area contributed by atoms with Crippen molar-refractivity contribution in [1.29, 1.82) is 0 Å². The van der Waals surface area contributed by atoms with Crippen LogP contribution in [-0.2, 0) is 33.7 Å². The van der Waals surface area contributed by atoms with Crippen LogP contribution >= 0.6 is 17.0 Å². The minimum absolute atomic E-state index is 0.826. The predicted molar refractivity (Wildman–Crippen MR) is 225 cm³/mol. The molecule has 0 aliphatic heterocycles. The second kappa shape index (κ2) is 21.3. The molecule has 6 aromatic rings. The third-order valence-corrected chi connectivity index (χ3v) is 8.98. The minimum atomic E-state index is -0.826. The van der Waals surface area contributed by atoms with Crippen LogP contribution in [0.1, 0.15) is 84.0 Å². The fourth-order valence-corrected chi connectivity index (χ4v) is 6.96. The molecule has 0 amide bonds. The molecule has 2 radical (unpaired) electrons. The third kappa shape index (κ3) is 11.9. The predicted octanol–water partition coefficient (Wildman–Crippen LogP) is 15.2. The molecule has 0 nitrogen and oxygen atoms in total. The topological polar surface area (TPSA) is 0 Å². The van der Waals surface area contributed by atoms with Crippen molar-refractivity contribution in [3.8, 4) is 22.3 Å². The van der Waals surface area contributed by atoms with Crippen LogP contribution in [-0.4, -0.2) is 9.52 Å². The molecule has 50 heavy (non-hydrogen) atoms. The molecule has 0 saturated carbocycles. The summed E-state index contributed by atoms with van der Waals surface area (Å²) < 4.78 is 0. The van der Waals surface area contributed by atoms with Gasteiger partial charge in [-0.2, -0.15) is 12.1 Å². The number of rotatable bonds is 8. The van der Waals surface area contributed by atoms with Gasteiger partial charge in [0.25, 0.3) is 0 Å². The SMILES string of the molecule is CCCCc1cc2c(-c3cc(C)cc(C)c3)c(C)ccc2[cH-]1.CCCCc1cc2c(-c3cc(C)cc(C)c3)c(C)ccc2[cH-]1.C[Si]C.[Cl][Zr+2][Cl]. The number of fused-ring (bicyclic) bond motifs is 2. The van der Waals surface area contributed by atoms with Crippen LogP contribution in [0.3, 0.4) is 0 Å². The molecule has 0 aliphatic carbocycles. The molecular weight excluding hydrogens is 743 g/mol. The molecule has 262 valence electrons. The molecule has 0 bridgehead atoms. The van der Waals surface area contributed by atoms with Gasteiger partial charge in [0.1, 0.15) is 0 Å². The quantitative estimate of drug-likeness (QED) is 0.106. The maximum atomic E-state index is 4.93. The van der Waals surface area contributed by atoms with Crippen molar-refractivity contribution in [3.05, 3.63) is 129 Å². The van der Waals surface area contributed by atoms with Gasteiger partial charge in [-0.15, -0.1) is 69.1 Å². The van der Waals surface area contributed by atoms with Crippen LogP contribution in [0.2, 0.25) is 13.1 Å². The summed E-state index contributed by atoms with van der Waals surface area (Å²) in [5.41, 5.74) is 16.6. The van der Waals surface area contributed by atoms with Crippen molar-refractivity contribution >= 4 is 48.1 Å². The van der Waals surface area contributed by atoms with Crippen molar-refractivity contribution in [2.75, 3.05) is 0 Å².